The lowest BCUT2D eigenvalue weighted by Crippen LogP contribution is -2.05. The number of thiophene rings is 1. The first kappa shape index (κ1) is 88.3. The first-order valence-electron chi connectivity index (χ1n) is 53.5. The Hall–Kier alpha value is -15.6. The van der Waals surface area contributed by atoms with E-state index in [0.29, 0.717) is 23.7 Å². The van der Waals surface area contributed by atoms with Crippen molar-refractivity contribution < 1.29 is 4.42 Å². The van der Waals surface area contributed by atoms with E-state index in [2.05, 4.69) is 432 Å². The highest BCUT2D eigenvalue weighted by Crippen LogP contribution is 2.51. The lowest BCUT2D eigenvalue weighted by Gasteiger charge is -2.23. The Morgan fingerprint density at radius 3 is 1.21 bits per heavy atom. The molecule has 4 aliphatic carbocycles. The topological polar surface area (TPSA) is 32.9 Å². The lowest BCUT2D eigenvalue weighted by atomic mass is 9.81. The predicted molar refractivity (Wildman–Crippen MR) is 618 cm³/mol. The number of aromatic nitrogens is 4. The average Bonchev–Trinajstić information content (AvgIpc) is 1.57. The van der Waals surface area contributed by atoms with Gasteiger partial charge in [-0.25, -0.2) is 0 Å². The Bertz CT molecular complexity index is 9220. The van der Waals surface area contributed by atoms with E-state index < -0.39 is 0 Å². The SMILES string of the molecule is Cc1cccc2c1c1c(C3CCCCC3)cccc1n2-c1ccccc1-c1ccc(-c2ccc3c(c2)oc2ccccc23)cc1.c1ccc(-n2c3ccc(C4CCCCC4)cc3c3c(C4CCCCC4)cccc32)c(-c2ccc(-c3ccc4sc5ccccc5c4c3)cc2)c1.c1ccc(-n2c3ccccc3c3c(-c4ccc(-c5ccccc5-n5c6ccccc6c6ccc(C7CCCCC7)cc65)cc4)cccc32)cc1. The molecule has 0 aliphatic heterocycles. The summed E-state index contributed by atoms with van der Waals surface area (Å²) in [4.78, 5) is 0. The number of rotatable bonds is 14. The summed E-state index contributed by atoms with van der Waals surface area (Å²) in [5.41, 5.74) is 39.3. The molecular weight excluding hydrogens is 1770 g/mol. The van der Waals surface area contributed by atoms with Gasteiger partial charge in [0.25, 0.3) is 0 Å². The highest BCUT2D eigenvalue weighted by atomic mass is 32.1. The van der Waals surface area contributed by atoms with Gasteiger partial charge < -0.3 is 22.7 Å². The van der Waals surface area contributed by atoms with Crippen LogP contribution in [0, 0.1) is 6.92 Å². The van der Waals surface area contributed by atoms with Crippen LogP contribution in [0.25, 0.3) is 219 Å². The molecule has 0 atom stereocenters. The molecule has 0 amide bonds. The molecule has 4 saturated carbocycles. The van der Waals surface area contributed by atoms with Gasteiger partial charge in [0.2, 0.25) is 0 Å². The number of hydrogen-bond donors (Lipinski definition) is 0. The number of nitrogens with zero attached hydrogens (tertiary/aromatic N) is 4. The van der Waals surface area contributed by atoms with Crippen molar-refractivity contribution in [3.05, 3.63) is 446 Å². The molecule has 4 fully saturated rings. The molecule has 5 nitrogen and oxygen atoms in total. The fraction of sp³-hybridized carbons (Fsp3) is 0.180. The molecule has 4 aliphatic rings. The van der Waals surface area contributed by atoms with Crippen LogP contribution in [0.2, 0.25) is 0 Å². The van der Waals surface area contributed by atoms with Crippen molar-refractivity contribution in [2.75, 3.05) is 0 Å². The van der Waals surface area contributed by atoms with Crippen molar-refractivity contribution in [2.45, 2.75) is 159 Å². The summed E-state index contributed by atoms with van der Waals surface area (Å²) in [6, 6.07) is 156. The van der Waals surface area contributed by atoms with E-state index >= 15 is 0 Å². The molecule has 6 aromatic heterocycles. The largest absolute Gasteiger partial charge is 0.456 e. The van der Waals surface area contributed by atoms with Crippen LogP contribution in [-0.4, -0.2) is 18.3 Å². The zero-order valence-electron chi connectivity index (χ0n) is 82.4. The second kappa shape index (κ2) is 37.9. The molecule has 704 valence electrons. The number of para-hydroxylation sites is 7. The van der Waals surface area contributed by atoms with Crippen LogP contribution in [0.15, 0.2) is 423 Å². The minimum atomic E-state index is 0.641. The van der Waals surface area contributed by atoms with E-state index in [-0.39, 0.29) is 0 Å². The maximum atomic E-state index is 6.19. The summed E-state index contributed by atoms with van der Waals surface area (Å²) < 4.78 is 18.9. The van der Waals surface area contributed by atoms with E-state index in [9.17, 15) is 0 Å². The minimum Gasteiger partial charge on any atom is -0.456 e. The number of fused-ring (bicyclic) bond motifs is 18. The Labute approximate surface area is 852 Å². The molecule has 29 rings (SSSR count). The van der Waals surface area contributed by atoms with Gasteiger partial charge in [0.1, 0.15) is 11.2 Å². The third-order valence-corrected chi connectivity index (χ3v) is 34.5. The third kappa shape index (κ3) is 15.9. The van der Waals surface area contributed by atoms with Crippen LogP contribution in [0.5, 0.6) is 0 Å². The quantitative estimate of drug-likeness (QED) is 0.107. The second-order valence-corrected chi connectivity index (χ2v) is 42.7. The first-order chi connectivity index (χ1) is 71.9. The van der Waals surface area contributed by atoms with Gasteiger partial charge >= 0.3 is 0 Å². The second-order valence-electron chi connectivity index (χ2n) is 41.7. The normalized spacial score (nSPS) is 14.8. The van der Waals surface area contributed by atoms with Gasteiger partial charge in [0, 0.05) is 96.4 Å². The molecule has 6 heteroatoms. The van der Waals surface area contributed by atoms with Crippen molar-refractivity contribution in [3.63, 3.8) is 0 Å². The van der Waals surface area contributed by atoms with Crippen LogP contribution in [0.1, 0.15) is 180 Å². The Kier molecular flexibility index (Phi) is 23.1. The van der Waals surface area contributed by atoms with E-state index in [4.69, 9.17) is 4.42 Å². The number of furan rings is 1. The molecule has 0 spiro atoms. The maximum absolute atomic E-state index is 6.19. The summed E-state index contributed by atoms with van der Waals surface area (Å²) in [7, 11) is 0. The molecule has 0 saturated heterocycles. The fourth-order valence-corrected chi connectivity index (χ4v) is 27.3. The van der Waals surface area contributed by atoms with Gasteiger partial charge in [-0.3, -0.25) is 0 Å². The molecular formula is C139H116N4OS. The van der Waals surface area contributed by atoms with Crippen LogP contribution in [0.3, 0.4) is 0 Å². The monoisotopic (exact) mass is 1890 g/mol. The van der Waals surface area contributed by atoms with Gasteiger partial charge in [-0.1, -0.05) is 374 Å². The maximum Gasteiger partial charge on any atom is 0.136 e. The van der Waals surface area contributed by atoms with E-state index in [0.717, 1.165) is 27.5 Å². The molecule has 0 bridgehead atoms. The van der Waals surface area contributed by atoms with Crippen molar-refractivity contribution >= 4 is 141 Å². The Morgan fingerprint density at radius 1 is 0.207 bits per heavy atom. The summed E-state index contributed by atoms with van der Waals surface area (Å²) in [6.07, 6.45) is 26.8. The predicted octanol–water partition coefficient (Wildman–Crippen LogP) is 40.2. The van der Waals surface area contributed by atoms with Gasteiger partial charge in [0.15, 0.2) is 0 Å². The summed E-state index contributed by atoms with van der Waals surface area (Å²) in [5.74, 6) is 2.65. The van der Waals surface area contributed by atoms with Crippen LogP contribution < -0.4 is 0 Å². The molecule has 19 aromatic carbocycles. The molecule has 0 unspecified atom stereocenters. The zero-order valence-corrected chi connectivity index (χ0v) is 83.2. The lowest BCUT2D eigenvalue weighted by molar-refractivity contribution is 0.444. The van der Waals surface area contributed by atoms with Gasteiger partial charge in [-0.15, -0.1) is 11.3 Å². The van der Waals surface area contributed by atoms with Gasteiger partial charge in [0.05, 0.1) is 61.2 Å². The molecule has 6 heterocycles. The number of hydrogen-bond acceptors (Lipinski definition) is 2. The van der Waals surface area contributed by atoms with E-state index in [1.165, 1.54) is 336 Å². The van der Waals surface area contributed by atoms with Crippen molar-refractivity contribution in [2.24, 2.45) is 0 Å². The minimum absolute atomic E-state index is 0.641. The van der Waals surface area contributed by atoms with Gasteiger partial charge in [-0.2, -0.15) is 0 Å². The van der Waals surface area contributed by atoms with E-state index in [1.54, 1.807) is 11.1 Å². The number of aryl methyl sites for hydroxylation is 1. The Balaban J connectivity index is 0.000000108. The molecule has 0 radical (unpaired) electrons. The standard InChI is InChI=1S/C48H38N2.C48H43NS.C43H35NO/c1-3-14-33(15-4-1)36-30-31-41-40-19-8-11-23-44(40)50(47(41)32-36)43-22-10-7-18-38(43)34-26-28-35(29-27-34)39-21-13-25-46-48(39)42-20-9-12-24-45(42)49(46)37-16-5-2-6-17-37;1-3-12-32(13-4-1)36-26-28-44-42(31-36)48-39(34-14-5-2-6-15-34)18-11-20-45(48)49(44)43-19-9-7-16-38(43)35-24-22-33(23-25-35)37-27-29-47-41(30-37)40-17-8-10-21-46(40)50-47;1-28-11-9-18-38-42(28)43-34(30-12-3-2-4-13-30)16-10-19-39(43)44(38)37-17-7-5-14-33(37)31-23-21-29(22-24-31)32-25-26-36-35-15-6-8-20-40(35)45-41(36)27-32/h2,5-13,16-33H,1,3-4,14-15H2;7-11,16-32,34H,1-6,12-15H2;5-11,14-27,30H,2-4,12-13H2,1H3. The van der Waals surface area contributed by atoms with Crippen molar-refractivity contribution in [3.8, 4) is 89.5 Å². The number of benzene rings is 19. The van der Waals surface area contributed by atoms with E-state index in [1.807, 2.05) is 23.5 Å². The highest BCUT2D eigenvalue weighted by molar-refractivity contribution is 7.25. The first-order valence-corrected chi connectivity index (χ1v) is 54.3. The van der Waals surface area contributed by atoms with Gasteiger partial charge in [-0.05, 0) is 281 Å². The van der Waals surface area contributed by atoms with Crippen LogP contribution in [-0.2, 0) is 0 Å². The molecule has 0 N–H and O–H groups in total. The summed E-state index contributed by atoms with van der Waals surface area (Å²) in [6.45, 7) is 2.27. The average molecular weight is 1890 g/mol. The smallest absolute Gasteiger partial charge is 0.136 e. The molecule has 145 heavy (non-hydrogen) atoms. The third-order valence-electron chi connectivity index (χ3n) is 33.3. The molecule has 25 aromatic rings. The Morgan fingerprint density at radius 2 is 0.593 bits per heavy atom. The van der Waals surface area contributed by atoms with Crippen LogP contribution in [0.4, 0.5) is 0 Å². The fourth-order valence-electron chi connectivity index (χ4n) is 26.3. The van der Waals surface area contributed by atoms with Crippen molar-refractivity contribution in [1.29, 1.82) is 0 Å². The summed E-state index contributed by atoms with van der Waals surface area (Å²) >= 11 is 1.88. The summed E-state index contributed by atoms with van der Waals surface area (Å²) in [5, 5.41) is 16.0. The highest BCUT2D eigenvalue weighted by Gasteiger charge is 2.30. The zero-order chi connectivity index (χ0) is 95.9. The van der Waals surface area contributed by atoms with Crippen molar-refractivity contribution in [1.82, 2.24) is 18.3 Å². The van der Waals surface area contributed by atoms with Crippen LogP contribution >= 0.6 is 11.3 Å².